The fourth-order valence-corrected chi connectivity index (χ4v) is 3.34. The van der Waals surface area contributed by atoms with Crippen molar-refractivity contribution in [1.29, 1.82) is 0 Å². The van der Waals surface area contributed by atoms with Crippen LogP contribution in [0.5, 0.6) is 0 Å². The van der Waals surface area contributed by atoms with E-state index >= 15 is 0 Å². The third kappa shape index (κ3) is 2.95. The van der Waals surface area contributed by atoms with Crippen LogP contribution < -0.4 is 5.32 Å². The number of aryl methyl sites for hydroxylation is 1. The first-order valence-corrected chi connectivity index (χ1v) is 7.79. The van der Waals surface area contributed by atoms with E-state index in [4.69, 9.17) is 4.74 Å². The number of aromatic nitrogens is 3. The minimum Gasteiger partial charge on any atom is -0.384 e. The van der Waals surface area contributed by atoms with E-state index in [1.54, 1.807) is 18.4 Å². The smallest absolute Gasteiger partial charge is 0.207 e. The number of hydrogen-bond acceptors (Lipinski definition) is 7. The Bertz CT molecular complexity index is 722. The summed E-state index contributed by atoms with van der Waals surface area (Å²) in [6, 6.07) is 6.13. The lowest BCUT2D eigenvalue weighted by Crippen LogP contribution is -1.96. The summed E-state index contributed by atoms with van der Waals surface area (Å²) in [5.74, 6) is 0.814. The quantitative estimate of drug-likeness (QED) is 0.783. The van der Waals surface area contributed by atoms with Gasteiger partial charge in [-0.25, -0.2) is 9.97 Å². The maximum Gasteiger partial charge on any atom is 0.207 e. The number of ether oxygens (including phenoxy) is 1. The number of fused-ring (bicyclic) bond motifs is 1. The molecule has 0 unspecified atom stereocenters. The zero-order chi connectivity index (χ0) is 13.9. The molecule has 3 rings (SSSR count). The molecule has 3 aromatic rings. The topological polar surface area (TPSA) is 59.9 Å². The van der Waals surface area contributed by atoms with Crippen LogP contribution in [-0.2, 0) is 11.2 Å². The molecule has 2 heterocycles. The van der Waals surface area contributed by atoms with Crippen molar-refractivity contribution in [3.63, 3.8) is 0 Å². The standard InChI is InChI=1S/C13H14N4OS2/c1-8-14-10-4-3-9(7-11(10)19-8)15-13-16-12(17-20-13)5-6-18-2/h3-4,7H,5-6H2,1-2H3,(H,15,16,17). The fraction of sp³-hybridized carbons (Fsp3) is 0.308. The van der Waals surface area contributed by atoms with Gasteiger partial charge in [0.1, 0.15) is 5.82 Å². The minimum absolute atomic E-state index is 0.641. The number of methoxy groups -OCH3 is 1. The lowest BCUT2D eigenvalue weighted by atomic mass is 10.3. The van der Waals surface area contributed by atoms with Crippen molar-refractivity contribution in [3.8, 4) is 0 Å². The maximum absolute atomic E-state index is 5.02. The van der Waals surface area contributed by atoms with Crippen LogP contribution in [-0.4, -0.2) is 28.1 Å². The highest BCUT2D eigenvalue weighted by Crippen LogP contribution is 2.27. The third-order valence-corrected chi connectivity index (χ3v) is 4.35. The van der Waals surface area contributed by atoms with Gasteiger partial charge >= 0.3 is 0 Å². The number of nitrogens with zero attached hydrogens (tertiary/aromatic N) is 3. The van der Waals surface area contributed by atoms with E-state index in [0.29, 0.717) is 6.61 Å². The van der Waals surface area contributed by atoms with Crippen molar-refractivity contribution in [1.82, 2.24) is 14.3 Å². The molecule has 5 nitrogen and oxygen atoms in total. The fourth-order valence-electron chi connectivity index (χ4n) is 1.84. The van der Waals surface area contributed by atoms with E-state index in [-0.39, 0.29) is 0 Å². The van der Waals surface area contributed by atoms with E-state index in [1.807, 2.05) is 19.1 Å². The Labute approximate surface area is 124 Å². The zero-order valence-electron chi connectivity index (χ0n) is 11.2. The Morgan fingerprint density at radius 3 is 3.05 bits per heavy atom. The van der Waals surface area contributed by atoms with Crippen LogP contribution in [0.4, 0.5) is 10.8 Å². The van der Waals surface area contributed by atoms with Crippen molar-refractivity contribution in [2.75, 3.05) is 19.0 Å². The molecule has 0 fully saturated rings. The molecular weight excluding hydrogens is 292 g/mol. The highest BCUT2D eigenvalue weighted by Gasteiger charge is 2.06. The number of thiazole rings is 1. The van der Waals surface area contributed by atoms with Gasteiger partial charge in [-0.2, -0.15) is 4.37 Å². The molecule has 7 heteroatoms. The van der Waals surface area contributed by atoms with Gasteiger partial charge in [0.05, 0.1) is 21.8 Å². The van der Waals surface area contributed by atoms with E-state index in [0.717, 1.165) is 33.6 Å². The van der Waals surface area contributed by atoms with Gasteiger partial charge in [-0.3, -0.25) is 0 Å². The maximum atomic E-state index is 5.02. The first-order valence-electron chi connectivity index (χ1n) is 6.20. The SMILES string of the molecule is COCCc1nsc(Nc2ccc3nc(C)sc3c2)n1. The van der Waals surface area contributed by atoms with Gasteiger partial charge < -0.3 is 10.1 Å². The van der Waals surface area contributed by atoms with Gasteiger partial charge in [0.2, 0.25) is 5.13 Å². The summed E-state index contributed by atoms with van der Waals surface area (Å²) < 4.78 is 10.5. The summed E-state index contributed by atoms with van der Waals surface area (Å²) >= 11 is 3.06. The van der Waals surface area contributed by atoms with Gasteiger partial charge in [0.15, 0.2) is 0 Å². The molecule has 0 bridgehead atoms. The summed E-state index contributed by atoms with van der Waals surface area (Å²) in [7, 11) is 1.68. The Morgan fingerprint density at radius 2 is 2.20 bits per heavy atom. The highest BCUT2D eigenvalue weighted by molar-refractivity contribution is 7.18. The summed E-state index contributed by atoms with van der Waals surface area (Å²) in [5, 5.41) is 5.17. The molecule has 1 N–H and O–H groups in total. The van der Waals surface area contributed by atoms with Crippen LogP contribution in [0.15, 0.2) is 18.2 Å². The molecular formula is C13H14N4OS2. The number of rotatable bonds is 5. The number of benzene rings is 1. The van der Waals surface area contributed by atoms with Gasteiger partial charge in [-0.05, 0) is 25.1 Å². The van der Waals surface area contributed by atoms with Crippen molar-refractivity contribution in [2.45, 2.75) is 13.3 Å². The van der Waals surface area contributed by atoms with Gasteiger partial charge in [0, 0.05) is 30.8 Å². The van der Waals surface area contributed by atoms with E-state index in [2.05, 4.69) is 25.7 Å². The van der Waals surface area contributed by atoms with Crippen LogP contribution in [0.1, 0.15) is 10.8 Å². The monoisotopic (exact) mass is 306 g/mol. The molecule has 0 aliphatic rings. The van der Waals surface area contributed by atoms with Crippen LogP contribution >= 0.6 is 22.9 Å². The minimum atomic E-state index is 0.641. The number of hydrogen-bond donors (Lipinski definition) is 1. The molecule has 104 valence electrons. The van der Waals surface area contributed by atoms with Crippen molar-refractivity contribution < 1.29 is 4.74 Å². The third-order valence-electron chi connectivity index (χ3n) is 2.74. The lowest BCUT2D eigenvalue weighted by molar-refractivity contribution is 0.201. The Hall–Kier alpha value is -1.57. The second-order valence-corrected chi connectivity index (χ2v) is 6.29. The first-order chi connectivity index (χ1) is 9.74. The molecule has 0 amide bonds. The molecule has 0 aliphatic carbocycles. The summed E-state index contributed by atoms with van der Waals surface area (Å²) in [6.07, 6.45) is 0.738. The summed E-state index contributed by atoms with van der Waals surface area (Å²) in [5.41, 5.74) is 2.05. The van der Waals surface area contributed by atoms with Crippen molar-refractivity contribution in [3.05, 3.63) is 29.0 Å². The van der Waals surface area contributed by atoms with Gasteiger partial charge in [-0.1, -0.05) is 0 Å². The van der Waals surface area contributed by atoms with Crippen LogP contribution in [0.3, 0.4) is 0 Å². The van der Waals surface area contributed by atoms with Crippen LogP contribution in [0, 0.1) is 6.92 Å². The largest absolute Gasteiger partial charge is 0.384 e. The van der Waals surface area contributed by atoms with E-state index in [9.17, 15) is 0 Å². The molecule has 0 saturated carbocycles. The first kappa shape index (κ1) is 13.4. The second kappa shape index (κ2) is 5.82. The number of nitrogens with one attached hydrogen (secondary N) is 1. The molecule has 0 aliphatic heterocycles. The summed E-state index contributed by atoms with van der Waals surface area (Å²) in [4.78, 5) is 8.88. The van der Waals surface area contributed by atoms with Crippen LogP contribution in [0.25, 0.3) is 10.2 Å². The Kier molecular flexibility index (Phi) is 3.90. The predicted molar refractivity (Wildman–Crippen MR) is 83.1 cm³/mol. The summed E-state index contributed by atoms with van der Waals surface area (Å²) in [6.45, 7) is 2.66. The molecule has 0 saturated heterocycles. The van der Waals surface area contributed by atoms with Gasteiger partial charge in [0.25, 0.3) is 0 Å². The van der Waals surface area contributed by atoms with Gasteiger partial charge in [-0.15, -0.1) is 11.3 Å². The normalized spacial score (nSPS) is 11.1. The predicted octanol–water partition coefficient (Wildman–Crippen LogP) is 3.39. The molecule has 20 heavy (non-hydrogen) atoms. The lowest BCUT2D eigenvalue weighted by Gasteiger charge is -2.01. The molecule has 0 radical (unpaired) electrons. The molecule has 0 spiro atoms. The number of anilines is 2. The second-order valence-electron chi connectivity index (χ2n) is 4.30. The molecule has 0 atom stereocenters. The highest BCUT2D eigenvalue weighted by atomic mass is 32.1. The van der Waals surface area contributed by atoms with Crippen LogP contribution in [0.2, 0.25) is 0 Å². The van der Waals surface area contributed by atoms with Crippen molar-refractivity contribution in [2.24, 2.45) is 0 Å². The molecule has 2 aromatic heterocycles. The zero-order valence-corrected chi connectivity index (χ0v) is 12.8. The Morgan fingerprint density at radius 1 is 1.30 bits per heavy atom. The Balaban J connectivity index is 1.76. The van der Waals surface area contributed by atoms with Crippen molar-refractivity contribution >= 4 is 43.9 Å². The average Bonchev–Trinajstić information content (AvgIpc) is 3.01. The molecule has 1 aromatic carbocycles. The van der Waals surface area contributed by atoms with E-state index in [1.165, 1.54) is 16.2 Å². The van der Waals surface area contributed by atoms with E-state index < -0.39 is 0 Å². The average molecular weight is 306 g/mol.